The number of rotatable bonds is 4. The first-order valence-electron chi connectivity index (χ1n) is 6.18. The quantitative estimate of drug-likeness (QED) is 0.853. The smallest absolute Gasteiger partial charge is 0.322 e. The predicted molar refractivity (Wildman–Crippen MR) is 75.6 cm³/mol. The van der Waals surface area contributed by atoms with Crippen LogP contribution in [0.4, 0.5) is 0 Å². The average molecular weight is 255 g/mol. The Hall–Kier alpha value is -2.13. The van der Waals surface area contributed by atoms with Gasteiger partial charge in [0.2, 0.25) is 0 Å². The van der Waals surface area contributed by atoms with Gasteiger partial charge in [0.05, 0.1) is 7.11 Å². The van der Waals surface area contributed by atoms with Crippen molar-refractivity contribution in [3.63, 3.8) is 0 Å². The molecule has 0 unspecified atom stereocenters. The molecule has 0 bridgehead atoms. The Morgan fingerprint density at radius 3 is 2.21 bits per heavy atom. The summed E-state index contributed by atoms with van der Waals surface area (Å²) in [7, 11) is 1.35. The molecule has 98 valence electrons. The Kier molecular flexibility index (Phi) is 4.31. The second kappa shape index (κ2) is 6.16. The highest BCUT2D eigenvalue weighted by atomic mass is 16.5. The van der Waals surface area contributed by atoms with Gasteiger partial charge in [-0.05, 0) is 23.1 Å². The minimum absolute atomic E-state index is 0.382. The zero-order valence-electron chi connectivity index (χ0n) is 10.9. The van der Waals surface area contributed by atoms with Crippen molar-refractivity contribution in [3.8, 4) is 11.1 Å². The highest BCUT2D eigenvalue weighted by Gasteiger charge is 2.13. The summed E-state index contributed by atoms with van der Waals surface area (Å²) < 4.78 is 4.61. The van der Waals surface area contributed by atoms with Gasteiger partial charge >= 0.3 is 5.97 Å². The van der Waals surface area contributed by atoms with Crippen LogP contribution in [-0.2, 0) is 16.0 Å². The molecule has 0 aliphatic heterocycles. The molecule has 1 atom stereocenters. The SMILES string of the molecule is COC(=O)[C@@H](N)Cc1ccc(-c2ccccc2)cc1. The van der Waals surface area contributed by atoms with E-state index in [2.05, 4.69) is 16.9 Å². The van der Waals surface area contributed by atoms with E-state index < -0.39 is 6.04 Å². The van der Waals surface area contributed by atoms with Crippen LogP contribution in [0.25, 0.3) is 11.1 Å². The summed E-state index contributed by atoms with van der Waals surface area (Å²) in [4.78, 5) is 11.3. The van der Waals surface area contributed by atoms with Gasteiger partial charge in [-0.25, -0.2) is 0 Å². The molecule has 2 aromatic carbocycles. The predicted octanol–water partition coefficient (Wildman–Crippen LogP) is 2.40. The first-order valence-corrected chi connectivity index (χ1v) is 6.18. The van der Waals surface area contributed by atoms with E-state index in [0.717, 1.165) is 11.1 Å². The molecule has 0 saturated heterocycles. The Morgan fingerprint density at radius 1 is 1.05 bits per heavy atom. The van der Waals surface area contributed by atoms with Gasteiger partial charge in [-0.1, -0.05) is 54.6 Å². The van der Waals surface area contributed by atoms with Gasteiger partial charge in [0.15, 0.2) is 0 Å². The molecule has 2 aromatic rings. The van der Waals surface area contributed by atoms with Crippen molar-refractivity contribution in [1.29, 1.82) is 0 Å². The van der Waals surface area contributed by atoms with E-state index >= 15 is 0 Å². The van der Waals surface area contributed by atoms with E-state index in [4.69, 9.17) is 5.73 Å². The van der Waals surface area contributed by atoms with Crippen molar-refractivity contribution >= 4 is 5.97 Å². The molecule has 0 amide bonds. The highest BCUT2D eigenvalue weighted by Crippen LogP contribution is 2.19. The molecule has 0 spiro atoms. The fourth-order valence-corrected chi connectivity index (χ4v) is 1.95. The minimum atomic E-state index is -0.604. The van der Waals surface area contributed by atoms with Gasteiger partial charge in [-0.2, -0.15) is 0 Å². The highest BCUT2D eigenvalue weighted by molar-refractivity contribution is 5.75. The van der Waals surface area contributed by atoms with Crippen LogP contribution >= 0.6 is 0 Å². The summed E-state index contributed by atoms with van der Waals surface area (Å²) in [6.45, 7) is 0. The molecule has 2 rings (SSSR count). The van der Waals surface area contributed by atoms with E-state index in [1.54, 1.807) is 0 Å². The number of hydrogen-bond acceptors (Lipinski definition) is 3. The lowest BCUT2D eigenvalue weighted by molar-refractivity contribution is -0.142. The summed E-state index contributed by atoms with van der Waals surface area (Å²) in [5.41, 5.74) is 9.08. The van der Waals surface area contributed by atoms with Crippen molar-refractivity contribution in [3.05, 3.63) is 60.2 Å². The largest absolute Gasteiger partial charge is 0.468 e. The summed E-state index contributed by atoms with van der Waals surface area (Å²) in [6, 6.07) is 17.6. The lowest BCUT2D eigenvalue weighted by Gasteiger charge is -2.09. The molecule has 0 fully saturated rings. The molecule has 3 heteroatoms. The van der Waals surface area contributed by atoms with Crippen LogP contribution in [-0.4, -0.2) is 19.1 Å². The maximum atomic E-state index is 11.3. The normalized spacial score (nSPS) is 11.9. The van der Waals surface area contributed by atoms with Gasteiger partial charge in [-0.3, -0.25) is 4.79 Å². The molecule has 0 saturated carbocycles. The molecule has 0 heterocycles. The molecule has 3 nitrogen and oxygen atoms in total. The zero-order valence-corrected chi connectivity index (χ0v) is 10.9. The lowest BCUT2D eigenvalue weighted by Crippen LogP contribution is -2.33. The van der Waals surface area contributed by atoms with Gasteiger partial charge in [0.1, 0.15) is 6.04 Å². The molecular formula is C16H17NO2. The molecular weight excluding hydrogens is 238 g/mol. The second-order valence-corrected chi connectivity index (χ2v) is 4.40. The maximum absolute atomic E-state index is 11.3. The molecule has 19 heavy (non-hydrogen) atoms. The van der Waals surface area contributed by atoms with Crippen molar-refractivity contribution < 1.29 is 9.53 Å². The number of hydrogen-bond donors (Lipinski definition) is 1. The first kappa shape index (κ1) is 13.3. The van der Waals surface area contributed by atoms with Crippen LogP contribution in [0.5, 0.6) is 0 Å². The summed E-state index contributed by atoms with van der Waals surface area (Å²) in [6.07, 6.45) is 0.488. The fourth-order valence-electron chi connectivity index (χ4n) is 1.95. The molecule has 0 radical (unpaired) electrons. The third-order valence-corrected chi connectivity index (χ3v) is 3.02. The monoisotopic (exact) mass is 255 g/mol. The lowest BCUT2D eigenvalue weighted by atomic mass is 10.0. The second-order valence-electron chi connectivity index (χ2n) is 4.40. The van der Waals surface area contributed by atoms with Crippen LogP contribution in [0.15, 0.2) is 54.6 Å². The topological polar surface area (TPSA) is 52.3 Å². The number of carbonyl (C=O) groups excluding carboxylic acids is 1. The number of carbonyl (C=O) groups is 1. The fraction of sp³-hybridized carbons (Fsp3) is 0.188. The van der Waals surface area contributed by atoms with Gasteiger partial charge < -0.3 is 10.5 Å². The Bertz CT molecular complexity index is 534. The Balaban J connectivity index is 2.09. The summed E-state index contributed by atoms with van der Waals surface area (Å²) in [5, 5.41) is 0. The van der Waals surface area contributed by atoms with Crippen LogP contribution < -0.4 is 5.73 Å². The van der Waals surface area contributed by atoms with Crippen LogP contribution in [0.1, 0.15) is 5.56 Å². The van der Waals surface area contributed by atoms with Crippen molar-refractivity contribution in [2.75, 3.05) is 7.11 Å². The van der Waals surface area contributed by atoms with Gasteiger partial charge in [0.25, 0.3) is 0 Å². The average Bonchev–Trinajstić information content (AvgIpc) is 2.48. The van der Waals surface area contributed by atoms with E-state index in [1.165, 1.54) is 12.7 Å². The van der Waals surface area contributed by atoms with Gasteiger partial charge in [0, 0.05) is 0 Å². The minimum Gasteiger partial charge on any atom is -0.468 e. The first-order chi connectivity index (χ1) is 9.20. The van der Waals surface area contributed by atoms with Gasteiger partial charge in [-0.15, -0.1) is 0 Å². The Morgan fingerprint density at radius 2 is 1.63 bits per heavy atom. The Labute approximate surface area is 113 Å². The van der Waals surface area contributed by atoms with Crippen molar-refractivity contribution in [2.24, 2.45) is 5.73 Å². The van der Waals surface area contributed by atoms with E-state index in [9.17, 15) is 4.79 Å². The number of ether oxygens (including phenoxy) is 1. The maximum Gasteiger partial charge on any atom is 0.322 e. The van der Waals surface area contributed by atoms with E-state index in [-0.39, 0.29) is 5.97 Å². The number of esters is 1. The van der Waals surface area contributed by atoms with Crippen molar-refractivity contribution in [1.82, 2.24) is 0 Å². The van der Waals surface area contributed by atoms with E-state index in [1.807, 2.05) is 42.5 Å². The number of nitrogens with two attached hydrogens (primary N) is 1. The standard InChI is InChI=1S/C16H17NO2/c1-19-16(18)15(17)11-12-7-9-14(10-8-12)13-5-3-2-4-6-13/h2-10,15H,11,17H2,1H3/t15-/m0/s1. The van der Waals surface area contributed by atoms with Crippen molar-refractivity contribution in [2.45, 2.75) is 12.5 Å². The summed E-state index contributed by atoms with van der Waals surface area (Å²) in [5.74, 6) is -0.382. The van der Waals surface area contributed by atoms with Crippen LogP contribution in [0.3, 0.4) is 0 Å². The summed E-state index contributed by atoms with van der Waals surface area (Å²) >= 11 is 0. The number of methoxy groups -OCH3 is 1. The molecule has 0 aliphatic carbocycles. The van der Waals surface area contributed by atoms with Crippen LogP contribution in [0.2, 0.25) is 0 Å². The van der Waals surface area contributed by atoms with Crippen LogP contribution in [0, 0.1) is 0 Å². The van der Waals surface area contributed by atoms with E-state index in [0.29, 0.717) is 6.42 Å². The number of benzene rings is 2. The molecule has 2 N–H and O–H groups in total. The zero-order chi connectivity index (χ0) is 13.7. The molecule has 0 aromatic heterocycles. The third-order valence-electron chi connectivity index (χ3n) is 3.02. The third kappa shape index (κ3) is 3.42. The molecule has 0 aliphatic rings.